The molecule has 0 aliphatic carbocycles. The highest BCUT2D eigenvalue weighted by Gasteiger charge is 2.34. The van der Waals surface area contributed by atoms with E-state index < -0.39 is 0 Å². The van der Waals surface area contributed by atoms with Gasteiger partial charge < -0.3 is 14.1 Å². The van der Waals surface area contributed by atoms with E-state index in [1.807, 2.05) is 16.7 Å². The van der Waals surface area contributed by atoms with Crippen molar-refractivity contribution in [3.8, 4) is 5.75 Å². The molecule has 1 saturated heterocycles. The van der Waals surface area contributed by atoms with Crippen LogP contribution in [0.3, 0.4) is 0 Å². The van der Waals surface area contributed by atoms with Crippen molar-refractivity contribution in [1.29, 1.82) is 0 Å². The molecule has 1 N–H and O–H groups in total. The first-order chi connectivity index (χ1) is 16.5. The van der Waals surface area contributed by atoms with E-state index in [4.69, 9.17) is 4.42 Å². The van der Waals surface area contributed by atoms with Crippen molar-refractivity contribution in [1.82, 2.24) is 14.4 Å². The smallest absolute Gasteiger partial charge is 0.250 e. The molecule has 0 unspecified atom stereocenters. The van der Waals surface area contributed by atoms with Crippen molar-refractivity contribution in [3.05, 3.63) is 97.4 Å². The van der Waals surface area contributed by atoms with Crippen LogP contribution in [0.2, 0.25) is 0 Å². The molecule has 1 aromatic carbocycles. The third-order valence-electron chi connectivity index (χ3n) is 7.56. The molecule has 3 aliphatic rings. The quantitative estimate of drug-likeness (QED) is 0.646. The molecule has 34 heavy (non-hydrogen) atoms. The zero-order chi connectivity index (χ0) is 23.2. The molecular weight excluding hydrogens is 430 g/mol. The average Bonchev–Trinajstić information content (AvgIpc) is 2.83. The molecule has 2 atom stereocenters. The monoisotopic (exact) mass is 459 g/mol. The molecule has 1 fully saturated rings. The van der Waals surface area contributed by atoms with Crippen LogP contribution in [-0.4, -0.2) is 39.1 Å². The molecule has 0 radical (unpaired) electrons. The zero-order valence-corrected chi connectivity index (χ0v) is 19.2. The number of nitrogens with zero attached hydrogens (tertiary/aromatic N) is 3. The van der Waals surface area contributed by atoms with Gasteiger partial charge in [0, 0.05) is 56.5 Å². The molecule has 176 valence electrons. The Morgan fingerprint density at radius 1 is 0.941 bits per heavy atom. The lowest BCUT2D eigenvalue weighted by molar-refractivity contribution is 0.105. The largest absolute Gasteiger partial charge is 0.502 e. The first kappa shape index (κ1) is 21.4. The predicted molar refractivity (Wildman–Crippen MR) is 128 cm³/mol. The zero-order valence-electron chi connectivity index (χ0n) is 19.2. The number of benzene rings is 1. The van der Waals surface area contributed by atoms with Crippen LogP contribution in [-0.2, 0) is 32.6 Å². The van der Waals surface area contributed by atoms with Crippen LogP contribution in [0, 0.1) is 5.92 Å². The van der Waals surface area contributed by atoms with Gasteiger partial charge in [0.05, 0.1) is 13.1 Å². The Morgan fingerprint density at radius 3 is 2.68 bits per heavy atom. The van der Waals surface area contributed by atoms with Crippen molar-refractivity contribution < 1.29 is 9.52 Å². The third-order valence-corrected chi connectivity index (χ3v) is 7.56. The molecule has 7 heteroatoms. The SMILES string of the molecule is O=c1cc(CN2C[C@@H]3C[C@H](C2)c2cccc(=O)n2C3)oc(CN2CCc3ccccc3C2)c1O. The summed E-state index contributed by atoms with van der Waals surface area (Å²) < 4.78 is 8.03. The maximum absolute atomic E-state index is 12.6. The summed E-state index contributed by atoms with van der Waals surface area (Å²) >= 11 is 0. The van der Waals surface area contributed by atoms with Gasteiger partial charge >= 0.3 is 0 Å². The number of aromatic hydroxyl groups is 1. The summed E-state index contributed by atoms with van der Waals surface area (Å²) in [5.74, 6) is 1.35. The van der Waals surface area contributed by atoms with Crippen LogP contribution >= 0.6 is 0 Å². The fourth-order valence-electron chi connectivity index (χ4n) is 6.01. The van der Waals surface area contributed by atoms with Crippen LogP contribution in [0.1, 0.15) is 40.7 Å². The average molecular weight is 460 g/mol. The second-order valence-corrected chi connectivity index (χ2v) is 9.97. The van der Waals surface area contributed by atoms with Gasteiger partial charge in [0.25, 0.3) is 5.56 Å². The number of rotatable bonds is 4. The molecule has 2 aromatic heterocycles. The number of aromatic nitrogens is 1. The van der Waals surface area contributed by atoms with Crippen molar-refractivity contribution in [2.24, 2.45) is 5.92 Å². The minimum absolute atomic E-state index is 0.0789. The Balaban J connectivity index is 1.19. The second kappa shape index (κ2) is 8.56. The van der Waals surface area contributed by atoms with Gasteiger partial charge in [-0.1, -0.05) is 30.3 Å². The van der Waals surface area contributed by atoms with Gasteiger partial charge in [-0.15, -0.1) is 0 Å². The Morgan fingerprint density at radius 2 is 1.79 bits per heavy atom. The van der Waals surface area contributed by atoms with Gasteiger partial charge in [-0.3, -0.25) is 19.4 Å². The molecule has 3 aromatic rings. The van der Waals surface area contributed by atoms with Crippen LogP contribution in [0.4, 0.5) is 0 Å². The van der Waals surface area contributed by atoms with Crippen LogP contribution in [0.15, 0.2) is 62.5 Å². The van der Waals surface area contributed by atoms with Crippen molar-refractivity contribution in [3.63, 3.8) is 0 Å². The Hall–Kier alpha value is -3.16. The van der Waals surface area contributed by atoms with E-state index in [9.17, 15) is 14.7 Å². The minimum atomic E-state index is -0.386. The first-order valence-corrected chi connectivity index (χ1v) is 12.1. The molecule has 3 aliphatic heterocycles. The lowest BCUT2D eigenvalue weighted by Gasteiger charge is -2.42. The summed E-state index contributed by atoms with van der Waals surface area (Å²) in [5.41, 5.74) is 3.44. The highest BCUT2D eigenvalue weighted by Crippen LogP contribution is 2.35. The molecule has 0 saturated carbocycles. The lowest BCUT2D eigenvalue weighted by atomic mass is 9.83. The minimum Gasteiger partial charge on any atom is -0.502 e. The molecule has 2 bridgehead atoms. The number of hydrogen-bond acceptors (Lipinski definition) is 6. The van der Waals surface area contributed by atoms with Crippen LogP contribution in [0.5, 0.6) is 5.75 Å². The van der Waals surface area contributed by atoms with Gasteiger partial charge in [-0.05, 0) is 36.0 Å². The molecule has 6 rings (SSSR count). The van der Waals surface area contributed by atoms with E-state index in [0.29, 0.717) is 36.4 Å². The number of pyridine rings is 1. The van der Waals surface area contributed by atoms with Gasteiger partial charge in [0.2, 0.25) is 11.2 Å². The van der Waals surface area contributed by atoms with E-state index in [2.05, 4.69) is 34.1 Å². The summed E-state index contributed by atoms with van der Waals surface area (Å²) in [5, 5.41) is 10.4. The Bertz CT molecular complexity index is 1340. The third kappa shape index (κ3) is 3.99. The summed E-state index contributed by atoms with van der Waals surface area (Å²) in [7, 11) is 0. The van der Waals surface area contributed by atoms with Gasteiger partial charge in [0.15, 0.2) is 5.76 Å². The fraction of sp³-hybridized carbons (Fsp3) is 0.407. The van der Waals surface area contributed by atoms with E-state index in [-0.39, 0.29) is 16.7 Å². The van der Waals surface area contributed by atoms with Gasteiger partial charge in [-0.2, -0.15) is 0 Å². The summed E-state index contributed by atoms with van der Waals surface area (Å²) in [6, 6.07) is 15.4. The standard InChI is InChI=1S/C27H29N3O4/c31-24-11-22(16-29-12-18-10-21(15-29)23-6-3-7-26(32)30(23)13-18)34-25(27(24)33)17-28-9-8-19-4-1-2-5-20(19)14-28/h1-7,11,18,21,33H,8-10,12-17H2/t18-,21+/m0/s1. The number of likely N-dealkylation sites (tertiary alicyclic amines) is 1. The Kier molecular flexibility index (Phi) is 5.38. The summed E-state index contributed by atoms with van der Waals surface area (Å²) in [6.45, 7) is 4.99. The number of hydrogen-bond donors (Lipinski definition) is 1. The maximum atomic E-state index is 12.6. The van der Waals surface area contributed by atoms with E-state index in [1.54, 1.807) is 6.07 Å². The van der Waals surface area contributed by atoms with E-state index in [1.165, 1.54) is 17.2 Å². The maximum Gasteiger partial charge on any atom is 0.250 e. The van der Waals surface area contributed by atoms with Crippen molar-refractivity contribution in [2.75, 3.05) is 19.6 Å². The highest BCUT2D eigenvalue weighted by molar-refractivity contribution is 5.30. The molecular formula is C27H29N3O4. The highest BCUT2D eigenvalue weighted by atomic mass is 16.4. The van der Waals surface area contributed by atoms with Crippen LogP contribution in [0.25, 0.3) is 0 Å². The molecule has 0 amide bonds. The van der Waals surface area contributed by atoms with Gasteiger partial charge in [-0.25, -0.2) is 0 Å². The second-order valence-electron chi connectivity index (χ2n) is 9.97. The van der Waals surface area contributed by atoms with E-state index in [0.717, 1.165) is 51.3 Å². The Labute approximate surface area is 197 Å². The first-order valence-electron chi connectivity index (χ1n) is 12.1. The molecule has 5 heterocycles. The van der Waals surface area contributed by atoms with Crippen LogP contribution < -0.4 is 11.0 Å². The topological polar surface area (TPSA) is 78.9 Å². The van der Waals surface area contributed by atoms with E-state index >= 15 is 0 Å². The fourth-order valence-corrected chi connectivity index (χ4v) is 6.01. The summed E-state index contributed by atoms with van der Waals surface area (Å²) in [4.78, 5) is 29.4. The molecule has 0 spiro atoms. The van der Waals surface area contributed by atoms with Crippen molar-refractivity contribution >= 4 is 0 Å². The number of piperidine rings is 1. The summed E-state index contributed by atoms with van der Waals surface area (Å²) in [6.07, 6.45) is 2.03. The van der Waals surface area contributed by atoms with Crippen molar-refractivity contribution in [2.45, 2.75) is 44.9 Å². The lowest BCUT2D eigenvalue weighted by Crippen LogP contribution is -2.46. The normalized spacial score (nSPS) is 22.2. The predicted octanol–water partition coefficient (Wildman–Crippen LogP) is 2.68. The van der Waals surface area contributed by atoms with Gasteiger partial charge in [0.1, 0.15) is 5.76 Å². The molecule has 7 nitrogen and oxygen atoms in total. The number of fused-ring (bicyclic) bond motifs is 5.